The maximum Gasteiger partial charge on any atom is 0.160 e. The first-order valence-corrected chi connectivity index (χ1v) is 6.95. The van der Waals surface area contributed by atoms with E-state index in [1.807, 2.05) is 34.9 Å². The topological polar surface area (TPSA) is 60.2 Å². The van der Waals surface area contributed by atoms with Crippen molar-refractivity contribution in [1.29, 1.82) is 0 Å². The number of halogens is 1. The van der Waals surface area contributed by atoms with Crippen molar-refractivity contribution in [3.63, 3.8) is 0 Å². The second-order valence-corrected chi connectivity index (χ2v) is 4.94. The van der Waals surface area contributed by atoms with E-state index >= 15 is 0 Å². The first kappa shape index (κ1) is 13.9. The first-order chi connectivity index (χ1) is 10.3. The van der Waals surface area contributed by atoms with Gasteiger partial charge in [-0.3, -0.25) is 0 Å². The smallest absolute Gasteiger partial charge is 0.160 e. The number of nitrogens with zero attached hydrogens (tertiary/aromatic N) is 3. The number of rotatable bonds is 5. The lowest BCUT2D eigenvalue weighted by molar-refractivity contribution is 0.260. The van der Waals surface area contributed by atoms with Gasteiger partial charge in [-0.05, 0) is 18.2 Å². The number of para-hydroxylation sites is 1. The lowest BCUT2D eigenvalue weighted by atomic mass is 10.3. The van der Waals surface area contributed by atoms with Gasteiger partial charge in [0.15, 0.2) is 5.65 Å². The van der Waals surface area contributed by atoms with Crippen molar-refractivity contribution in [1.82, 2.24) is 14.5 Å². The highest BCUT2D eigenvalue weighted by Gasteiger charge is 2.12. The summed E-state index contributed by atoms with van der Waals surface area (Å²) in [5.41, 5.74) is 1.39. The van der Waals surface area contributed by atoms with E-state index in [1.54, 1.807) is 12.3 Å². The summed E-state index contributed by atoms with van der Waals surface area (Å²) in [7, 11) is 0. The molecular weight excluding hydrogens is 290 g/mol. The Balaban J connectivity index is 1.91. The van der Waals surface area contributed by atoms with Gasteiger partial charge in [0.05, 0.1) is 11.6 Å². The van der Waals surface area contributed by atoms with E-state index in [0.717, 1.165) is 5.75 Å². The fourth-order valence-corrected chi connectivity index (χ4v) is 2.30. The fraction of sp³-hybridized carbons (Fsp3) is 0.200. The number of aromatic nitrogens is 3. The standard InChI is InChI=1S/C15H14ClN3O2/c16-11-8-13-15(17-9-11)19(6-7-20)14(18-13)10-21-12-4-2-1-3-5-12/h1-5,8-9,20H,6-7,10H2. The largest absolute Gasteiger partial charge is 0.486 e. The van der Waals surface area contributed by atoms with Gasteiger partial charge in [-0.25, -0.2) is 9.97 Å². The van der Waals surface area contributed by atoms with Crippen LogP contribution in [-0.2, 0) is 13.2 Å². The van der Waals surface area contributed by atoms with Crippen LogP contribution in [0.2, 0.25) is 5.02 Å². The number of imidazole rings is 1. The molecule has 0 saturated heterocycles. The Morgan fingerprint density at radius 1 is 1.24 bits per heavy atom. The number of aliphatic hydroxyl groups is 1. The number of fused-ring (bicyclic) bond motifs is 1. The van der Waals surface area contributed by atoms with Crippen molar-refractivity contribution in [3.05, 3.63) is 53.4 Å². The van der Waals surface area contributed by atoms with Crippen LogP contribution in [0.4, 0.5) is 0 Å². The Morgan fingerprint density at radius 2 is 2.05 bits per heavy atom. The molecule has 1 aromatic carbocycles. The summed E-state index contributed by atoms with van der Waals surface area (Å²) in [4.78, 5) is 8.76. The minimum Gasteiger partial charge on any atom is -0.486 e. The predicted octanol–water partition coefficient (Wildman–Crippen LogP) is 2.66. The summed E-state index contributed by atoms with van der Waals surface area (Å²) in [6, 6.07) is 11.3. The summed E-state index contributed by atoms with van der Waals surface area (Å²) in [5.74, 6) is 1.48. The molecule has 0 amide bonds. The summed E-state index contributed by atoms with van der Waals surface area (Å²) in [6.45, 7) is 0.727. The lowest BCUT2D eigenvalue weighted by Gasteiger charge is -2.08. The van der Waals surface area contributed by atoms with Crippen molar-refractivity contribution < 1.29 is 9.84 Å². The normalized spacial score (nSPS) is 11.0. The molecule has 3 rings (SSSR count). The lowest BCUT2D eigenvalue weighted by Crippen LogP contribution is -2.10. The Kier molecular flexibility index (Phi) is 4.03. The van der Waals surface area contributed by atoms with Gasteiger partial charge in [-0.2, -0.15) is 0 Å². The maximum atomic E-state index is 9.22. The summed E-state index contributed by atoms with van der Waals surface area (Å²) in [6.07, 6.45) is 1.57. The number of aliphatic hydroxyl groups excluding tert-OH is 1. The third-order valence-electron chi connectivity index (χ3n) is 3.07. The highest BCUT2D eigenvalue weighted by atomic mass is 35.5. The highest BCUT2D eigenvalue weighted by molar-refractivity contribution is 6.31. The molecule has 0 unspecified atom stereocenters. The van der Waals surface area contributed by atoms with Crippen molar-refractivity contribution in [2.45, 2.75) is 13.2 Å². The van der Waals surface area contributed by atoms with E-state index in [-0.39, 0.29) is 6.61 Å². The quantitative estimate of drug-likeness (QED) is 0.787. The minimum atomic E-state index is 0.00804. The Hall–Kier alpha value is -2.11. The molecule has 0 aliphatic rings. The summed E-state index contributed by atoms with van der Waals surface area (Å²) < 4.78 is 7.55. The molecule has 0 radical (unpaired) electrons. The number of pyridine rings is 1. The highest BCUT2D eigenvalue weighted by Crippen LogP contribution is 2.19. The van der Waals surface area contributed by atoms with E-state index in [1.165, 1.54) is 0 Å². The summed E-state index contributed by atoms with van der Waals surface area (Å²) in [5, 5.41) is 9.75. The second-order valence-electron chi connectivity index (χ2n) is 4.50. The second kappa shape index (κ2) is 6.11. The van der Waals surface area contributed by atoms with Gasteiger partial charge in [0.25, 0.3) is 0 Å². The van der Waals surface area contributed by atoms with Crippen molar-refractivity contribution in [3.8, 4) is 5.75 Å². The molecule has 2 aromatic heterocycles. The molecular formula is C15H14ClN3O2. The van der Waals surface area contributed by atoms with Crippen LogP contribution in [0.3, 0.4) is 0 Å². The Labute approximate surface area is 126 Å². The van der Waals surface area contributed by atoms with Gasteiger partial charge in [-0.1, -0.05) is 29.8 Å². The van der Waals surface area contributed by atoms with Crippen LogP contribution in [0.1, 0.15) is 5.82 Å². The van der Waals surface area contributed by atoms with Crippen LogP contribution in [0.25, 0.3) is 11.2 Å². The van der Waals surface area contributed by atoms with Crippen molar-refractivity contribution in [2.75, 3.05) is 6.61 Å². The molecule has 2 heterocycles. The molecule has 0 saturated carbocycles. The predicted molar refractivity (Wildman–Crippen MR) is 80.4 cm³/mol. The van der Waals surface area contributed by atoms with E-state index in [9.17, 15) is 5.11 Å². The average Bonchev–Trinajstić information content (AvgIpc) is 2.84. The maximum absolute atomic E-state index is 9.22. The van der Waals surface area contributed by atoms with Crippen LogP contribution in [0.15, 0.2) is 42.6 Å². The number of ether oxygens (including phenoxy) is 1. The average molecular weight is 304 g/mol. The molecule has 1 N–H and O–H groups in total. The molecule has 0 bridgehead atoms. The van der Waals surface area contributed by atoms with E-state index in [4.69, 9.17) is 16.3 Å². The molecule has 108 valence electrons. The van der Waals surface area contributed by atoms with Crippen LogP contribution >= 0.6 is 11.6 Å². The van der Waals surface area contributed by atoms with E-state index < -0.39 is 0 Å². The van der Waals surface area contributed by atoms with Gasteiger partial charge < -0.3 is 14.4 Å². The summed E-state index contributed by atoms with van der Waals surface area (Å²) >= 11 is 5.94. The van der Waals surface area contributed by atoms with Gasteiger partial charge >= 0.3 is 0 Å². The van der Waals surface area contributed by atoms with Crippen molar-refractivity contribution in [2.24, 2.45) is 0 Å². The van der Waals surface area contributed by atoms with Gasteiger partial charge in [0, 0.05) is 12.7 Å². The van der Waals surface area contributed by atoms with E-state index in [0.29, 0.717) is 35.2 Å². The van der Waals surface area contributed by atoms with E-state index in [2.05, 4.69) is 9.97 Å². The zero-order valence-electron chi connectivity index (χ0n) is 11.2. The molecule has 0 aliphatic heterocycles. The monoisotopic (exact) mass is 303 g/mol. The molecule has 3 aromatic rings. The third kappa shape index (κ3) is 2.99. The third-order valence-corrected chi connectivity index (χ3v) is 3.27. The molecule has 0 aliphatic carbocycles. The Bertz CT molecular complexity index is 743. The SMILES string of the molecule is OCCn1c(COc2ccccc2)nc2cc(Cl)cnc21. The van der Waals surface area contributed by atoms with Crippen LogP contribution in [0, 0.1) is 0 Å². The minimum absolute atomic E-state index is 0.00804. The zero-order chi connectivity index (χ0) is 14.7. The van der Waals surface area contributed by atoms with Gasteiger partial charge in [0.1, 0.15) is 23.7 Å². The molecule has 0 fully saturated rings. The van der Waals surface area contributed by atoms with Crippen LogP contribution in [0.5, 0.6) is 5.75 Å². The number of benzene rings is 1. The first-order valence-electron chi connectivity index (χ1n) is 6.57. The molecule has 6 heteroatoms. The zero-order valence-corrected chi connectivity index (χ0v) is 12.0. The molecule has 0 atom stereocenters. The number of hydrogen-bond donors (Lipinski definition) is 1. The number of hydrogen-bond acceptors (Lipinski definition) is 4. The van der Waals surface area contributed by atoms with Crippen LogP contribution < -0.4 is 4.74 Å². The van der Waals surface area contributed by atoms with Gasteiger partial charge in [-0.15, -0.1) is 0 Å². The molecule has 0 spiro atoms. The molecule has 21 heavy (non-hydrogen) atoms. The van der Waals surface area contributed by atoms with Crippen LogP contribution in [-0.4, -0.2) is 26.2 Å². The molecule has 5 nitrogen and oxygen atoms in total. The van der Waals surface area contributed by atoms with Gasteiger partial charge in [0.2, 0.25) is 0 Å². The Morgan fingerprint density at radius 3 is 2.81 bits per heavy atom. The van der Waals surface area contributed by atoms with Crippen molar-refractivity contribution >= 4 is 22.8 Å². The fourth-order valence-electron chi connectivity index (χ4n) is 2.14.